The molecular weight excluding hydrogens is 292 g/mol. The van der Waals surface area contributed by atoms with Crippen molar-refractivity contribution in [1.29, 1.82) is 0 Å². The van der Waals surface area contributed by atoms with Crippen LogP contribution >= 0.6 is 0 Å². The maximum atomic E-state index is 12.4. The summed E-state index contributed by atoms with van der Waals surface area (Å²) < 4.78 is 7.44. The van der Waals surface area contributed by atoms with Gasteiger partial charge in [-0.25, -0.2) is 4.98 Å². The Labute approximate surface area is 133 Å². The van der Waals surface area contributed by atoms with Gasteiger partial charge in [-0.15, -0.1) is 0 Å². The first-order valence-electron chi connectivity index (χ1n) is 7.46. The highest BCUT2D eigenvalue weighted by molar-refractivity contribution is 5.96. The molecule has 3 aromatic rings. The summed E-state index contributed by atoms with van der Waals surface area (Å²) >= 11 is 0. The lowest BCUT2D eigenvalue weighted by Crippen LogP contribution is -2.31. The number of ether oxygens (including phenoxy) is 1. The molecule has 0 unspecified atom stereocenters. The summed E-state index contributed by atoms with van der Waals surface area (Å²) in [7, 11) is 1.85. The fraction of sp³-hybridized carbons (Fsp3) is 0.235. The second-order valence-electron chi connectivity index (χ2n) is 5.71. The van der Waals surface area contributed by atoms with E-state index >= 15 is 0 Å². The summed E-state index contributed by atoms with van der Waals surface area (Å²) in [5.74, 6) is 0.619. The van der Waals surface area contributed by atoms with E-state index < -0.39 is 6.10 Å². The highest BCUT2D eigenvalue weighted by Crippen LogP contribution is 2.29. The monoisotopic (exact) mass is 308 g/mol. The molecular formula is C17H16N4O2. The molecule has 116 valence electrons. The smallest absolute Gasteiger partial charge is 0.265 e. The largest absolute Gasteiger partial charge is 0.480 e. The molecule has 2 aromatic heterocycles. The number of anilines is 1. The molecule has 0 bridgehead atoms. The number of hydrogen-bond acceptors (Lipinski definition) is 4. The SMILES string of the molecule is Cc1nn(C)c2ncc(NC(=O)[C@H]3Cc4ccccc4O3)cc12. The first-order chi connectivity index (χ1) is 11.1. The van der Waals surface area contributed by atoms with E-state index in [4.69, 9.17) is 4.74 Å². The standard InChI is InChI=1S/C17H16N4O2/c1-10-13-8-12(9-18-16(13)21(2)20-10)19-17(22)15-7-11-5-3-4-6-14(11)23-15/h3-6,8-9,15H,7H2,1-2H3,(H,19,22)/t15-/m1/s1. The van der Waals surface area contributed by atoms with Gasteiger partial charge in [0, 0.05) is 18.9 Å². The molecule has 6 nitrogen and oxygen atoms in total. The summed E-state index contributed by atoms with van der Waals surface area (Å²) in [5.41, 5.74) is 3.39. The Hall–Kier alpha value is -2.89. The average molecular weight is 308 g/mol. The Morgan fingerprint density at radius 2 is 2.22 bits per heavy atom. The van der Waals surface area contributed by atoms with Crippen molar-refractivity contribution < 1.29 is 9.53 Å². The maximum absolute atomic E-state index is 12.4. The van der Waals surface area contributed by atoms with Crippen LogP contribution in [0.3, 0.4) is 0 Å². The Bertz CT molecular complexity index is 891. The van der Waals surface area contributed by atoms with Crippen LogP contribution in [0.1, 0.15) is 11.3 Å². The van der Waals surface area contributed by atoms with Crippen molar-refractivity contribution in [3.05, 3.63) is 47.8 Å². The van der Waals surface area contributed by atoms with Crippen molar-refractivity contribution >= 4 is 22.6 Å². The minimum atomic E-state index is -0.502. The molecule has 4 rings (SSSR count). The highest BCUT2D eigenvalue weighted by Gasteiger charge is 2.28. The van der Waals surface area contributed by atoms with Crippen molar-refractivity contribution in [2.24, 2.45) is 7.05 Å². The fourth-order valence-electron chi connectivity index (χ4n) is 2.93. The summed E-state index contributed by atoms with van der Waals surface area (Å²) in [6.07, 6.45) is 1.73. The van der Waals surface area contributed by atoms with Crippen LogP contribution in [0, 0.1) is 6.92 Å². The number of nitrogens with one attached hydrogen (secondary N) is 1. The number of carbonyl (C=O) groups excluding carboxylic acids is 1. The van der Waals surface area contributed by atoms with Crippen LogP contribution in [-0.2, 0) is 18.3 Å². The number of carbonyl (C=O) groups is 1. The first kappa shape index (κ1) is 13.8. The molecule has 1 amide bonds. The normalized spacial score (nSPS) is 16.2. The van der Waals surface area contributed by atoms with Gasteiger partial charge in [-0.1, -0.05) is 18.2 Å². The lowest BCUT2D eigenvalue weighted by molar-refractivity contribution is -0.122. The van der Waals surface area contributed by atoms with Gasteiger partial charge in [0.2, 0.25) is 0 Å². The third-order valence-electron chi connectivity index (χ3n) is 4.07. The number of benzene rings is 1. The molecule has 0 saturated carbocycles. The van der Waals surface area contributed by atoms with E-state index in [0.717, 1.165) is 28.0 Å². The van der Waals surface area contributed by atoms with Crippen molar-refractivity contribution in [1.82, 2.24) is 14.8 Å². The van der Waals surface area contributed by atoms with E-state index in [1.807, 2.05) is 44.3 Å². The van der Waals surface area contributed by atoms with Crippen LogP contribution in [0.2, 0.25) is 0 Å². The molecule has 1 atom stereocenters. The number of aromatic nitrogens is 3. The molecule has 0 saturated heterocycles. The number of fused-ring (bicyclic) bond motifs is 2. The van der Waals surface area contributed by atoms with Gasteiger partial charge >= 0.3 is 0 Å². The Morgan fingerprint density at radius 3 is 3.04 bits per heavy atom. The topological polar surface area (TPSA) is 69.0 Å². The molecule has 1 aliphatic rings. The lowest BCUT2D eigenvalue weighted by Gasteiger charge is -2.11. The van der Waals surface area contributed by atoms with E-state index in [1.54, 1.807) is 10.9 Å². The molecule has 0 fully saturated rings. The van der Waals surface area contributed by atoms with Gasteiger partial charge in [0.1, 0.15) is 5.75 Å². The van der Waals surface area contributed by atoms with Crippen LogP contribution in [0.15, 0.2) is 36.5 Å². The minimum absolute atomic E-state index is 0.163. The first-order valence-corrected chi connectivity index (χ1v) is 7.46. The molecule has 3 heterocycles. The predicted octanol–water partition coefficient (Wildman–Crippen LogP) is 2.22. The van der Waals surface area contributed by atoms with Crippen LogP contribution in [0.4, 0.5) is 5.69 Å². The second-order valence-corrected chi connectivity index (χ2v) is 5.71. The van der Waals surface area contributed by atoms with Crippen molar-refractivity contribution in [2.45, 2.75) is 19.4 Å². The van der Waals surface area contributed by atoms with E-state index in [1.165, 1.54) is 0 Å². The molecule has 1 aliphatic heterocycles. The molecule has 6 heteroatoms. The summed E-state index contributed by atoms with van der Waals surface area (Å²) in [4.78, 5) is 16.8. The zero-order chi connectivity index (χ0) is 16.0. The third-order valence-corrected chi connectivity index (χ3v) is 4.07. The number of aryl methyl sites for hydroxylation is 2. The quantitative estimate of drug-likeness (QED) is 0.788. The van der Waals surface area contributed by atoms with Gasteiger partial charge in [-0.2, -0.15) is 5.10 Å². The lowest BCUT2D eigenvalue weighted by atomic mass is 10.1. The van der Waals surface area contributed by atoms with Crippen LogP contribution < -0.4 is 10.1 Å². The van der Waals surface area contributed by atoms with E-state index in [9.17, 15) is 4.79 Å². The van der Waals surface area contributed by atoms with E-state index in [0.29, 0.717) is 12.1 Å². The second kappa shape index (κ2) is 5.08. The van der Waals surface area contributed by atoms with Gasteiger partial charge in [0.05, 0.1) is 17.6 Å². The van der Waals surface area contributed by atoms with E-state index in [2.05, 4.69) is 15.4 Å². The van der Waals surface area contributed by atoms with Gasteiger partial charge < -0.3 is 10.1 Å². The van der Waals surface area contributed by atoms with Crippen LogP contribution in [0.25, 0.3) is 11.0 Å². The molecule has 1 aromatic carbocycles. The number of pyridine rings is 1. The number of hydrogen-bond donors (Lipinski definition) is 1. The Morgan fingerprint density at radius 1 is 1.39 bits per heavy atom. The van der Waals surface area contributed by atoms with E-state index in [-0.39, 0.29) is 5.91 Å². The van der Waals surface area contributed by atoms with Crippen molar-refractivity contribution in [2.75, 3.05) is 5.32 Å². The van der Waals surface area contributed by atoms with Gasteiger partial charge in [-0.05, 0) is 24.6 Å². The zero-order valence-electron chi connectivity index (χ0n) is 12.9. The zero-order valence-corrected chi connectivity index (χ0v) is 12.9. The maximum Gasteiger partial charge on any atom is 0.265 e. The van der Waals surface area contributed by atoms with Crippen LogP contribution in [0.5, 0.6) is 5.75 Å². The van der Waals surface area contributed by atoms with Gasteiger partial charge in [0.15, 0.2) is 11.8 Å². The Kier molecular flexibility index (Phi) is 3.04. The number of nitrogens with zero attached hydrogens (tertiary/aromatic N) is 3. The third kappa shape index (κ3) is 2.32. The molecule has 0 spiro atoms. The average Bonchev–Trinajstić information content (AvgIpc) is 3.09. The molecule has 0 radical (unpaired) electrons. The minimum Gasteiger partial charge on any atom is -0.480 e. The van der Waals surface area contributed by atoms with Gasteiger partial charge in [-0.3, -0.25) is 9.48 Å². The van der Waals surface area contributed by atoms with Gasteiger partial charge in [0.25, 0.3) is 5.91 Å². The fourth-order valence-corrected chi connectivity index (χ4v) is 2.93. The predicted molar refractivity (Wildman–Crippen MR) is 86.4 cm³/mol. The number of rotatable bonds is 2. The summed E-state index contributed by atoms with van der Waals surface area (Å²) in [6, 6.07) is 9.61. The van der Waals surface area contributed by atoms with Crippen molar-refractivity contribution in [3.8, 4) is 5.75 Å². The summed E-state index contributed by atoms with van der Waals surface area (Å²) in [5, 5.41) is 8.15. The molecule has 0 aliphatic carbocycles. The molecule has 23 heavy (non-hydrogen) atoms. The number of para-hydroxylation sites is 1. The van der Waals surface area contributed by atoms with Crippen LogP contribution in [-0.4, -0.2) is 26.8 Å². The number of amides is 1. The summed E-state index contributed by atoms with van der Waals surface area (Å²) in [6.45, 7) is 1.92. The molecule has 1 N–H and O–H groups in total. The van der Waals surface area contributed by atoms with Crippen molar-refractivity contribution in [3.63, 3.8) is 0 Å². The Balaban J connectivity index is 1.54. The highest BCUT2D eigenvalue weighted by atomic mass is 16.5.